The summed E-state index contributed by atoms with van der Waals surface area (Å²) in [6.07, 6.45) is 1.12. The first-order chi connectivity index (χ1) is 7.78. The van der Waals surface area contributed by atoms with Crippen molar-refractivity contribution < 1.29 is 4.79 Å². The van der Waals surface area contributed by atoms with Crippen LogP contribution in [0, 0.1) is 0 Å². The number of nitrogens with zero attached hydrogens (tertiary/aromatic N) is 3. The maximum absolute atomic E-state index is 11.6. The quantitative estimate of drug-likeness (QED) is 0.902. The van der Waals surface area contributed by atoms with Crippen molar-refractivity contribution in [2.75, 3.05) is 5.32 Å². The standard InChI is InChI=1S/C9H10N4OS2/c1-2-8-12-13-9(16-8)11-7(14)3-6-4-15-5-10-6/h4-5H,2-3H2,1H3,(H,11,13,14). The van der Waals surface area contributed by atoms with E-state index in [0.29, 0.717) is 5.13 Å². The fourth-order valence-electron chi connectivity index (χ4n) is 1.10. The Morgan fingerprint density at radius 3 is 3.00 bits per heavy atom. The van der Waals surface area contributed by atoms with Crippen molar-refractivity contribution in [1.82, 2.24) is 15.2 Å². The smallest absolute Gasteiger partial charge is 0.232 e. The van der Waals surface area contributed by atoms with Crippen LogP contribution in [0.25, 0.3) is 0 Å². The highest BCUT2D eigenvalue weighted by atomic mass is 32.1. The van der Waals surface area contributed by atoms with Gasteiger partial charge in [0.1, 0.15) is 5.01 Å². The Labute approximate surface area is 101 Å². The minimum Gasteiger partial charge on any atom is -0.300 e. The molecular formula is C9H10N4OS2. The van der Waals surface area contributed by atoms with Crippen LogP contribution in [-0.2, 0) is 17.6 Å². The zero-order valence-corrected chi connectivity index (χ0v) is 10.3. The van der Waals surface area contributed by atoms with Crippen LogP contribution in [0.3, 0.4) is 0 Å². The van der Waals surface area contributed by atoms with Crippen molar-refractivity contribution >= 4 is 33.7 Å². The number of carbonyl (C=O) groups is 1. The molecule has 7 heteroatoms. The van der Waals surface area contributed by atoms with E-state index >= 15 is 0 Å². The second-order valence-corrected chi connectivity index (χ2v) is 4.84. The van der Waals surface area contributed by atoms with Gasteiger partial charge in [-0.25, -0.2) is 4.98 Å². The Morgan fingerprint density at radius 2 is 2.38 bits per heavy atom. The summed E-state index contributed by atoms with van der Waals surface area (Å²) in [5.41, 5.74) is 2.49. The number of nitrogens with one attached hydrogen (secondary N) is 1. The Balaban J connectivity index is 1.92. The molecule has 0 spiro atoms. The van der Waals surface area contributed by atoms with E-state index in [2.05, 4.69) is 20.5 Å². The first-order valence-electron chi connectivity index (χ1n) is 4.77. The van der Waals surface area contributed by atoms with E-state index in [1.807, 2.05) is 12.3 Å². The summed E-state index contributed by atoms with van der Waals surface area (Å²) in [7, 11) is 0. The average Bonchev–Trinajstić information content (AvgIpc) is 2.89. The molecule has 1 N–H and O–H groups in total. The van der Waals surface area contributed by atoms with E-state index in [4.69, 9.17) is 0 Å². The van der Waals surface area contributed by atoms with E-state index in [0.717, 1.165) is 17.1 Å². The lowest BCUT2D eigenvalue weighted by Gasteiger charge is -1.97. The van der Waals surface area contributed by atoms with E-state index < -0.39 is 0 Å². The Hall–Kier alpha value is -1.34. The summed E-state index contributed by atoms with van der Waals surface area (Å²) < 4.78 is 0. The molecule has 84 valence electrons. The molecule has 5 nitrogen and oxygen atoms in total. The molecule has 0 aromatic carbocycles. The predicted octanol–water partition coefficient (Wildman–Crippen LogP) is 1.74. The van der Waals surface area contributed by atoms with Crippen LogP contribution in [0.15, 0.2) is 10.9 Å². The van der Waals surface area contributed by atoms with E-state index in [1.54, 1.807) is 5.51 Å². The summed E-state index contributed by atoms with van der Waals surface area (Å²) in [4.78, 5) is 15.6. The Kier molecular flexibility index (Phi) is 3.58. The molecule has 0 unspecified atom stereocenters. The zero-order valence-electron chi connectivity index (χ0n) is 8.64. The molecule has 0 saturated heterocycles. The van der Waals surface area contributed by atoms with Gasteiger partial charge in [0.2, 0.25) is 11.0 Å². The summed E-state index contributed by atoms with van der Waals surface area (Å²) in [6, 6.07) is 0. The monoisotopic (exact) mass is 254 g/mol. The van der Waals surface area contributed by atoms with Gasteiger partial charge in [-0.1, -0.05) is 18.3 Å². The third-order valence-electron chi connectivity index (χ3n) is 1.84. The van der Waals surface area contributed by atoms with Crippen LogP contribution in [0.1, 0.15) is 17.6 Å². The van der Waals surface area contributed by atoms with Gasteiger partial charge in [0.25, 0.3) is 0 Å². The summed E-state index contributed by atoms with van der Waals surface area (Å²) in [5, 5.41) is 13.8. The molecule has 0 saturated carbocycles. The highest BCUT2D eigenvalue weighted by Crippen LogP contribution is 2.15. The molecule has 2 heterocycles. The summed E-state index contributed by atoms with van der Waals surface area (Å²) in [5.74, 6) is -0.107. The van der Waals surface area contributed by atoms with Crippen molar-refractivity contribution in [3.63, 3.8) is 0 Å². The van der Waals surface area contributed by atoms with Gasteiger partial charge in [-0.15, -0.1) is 21.5 Å². The lowest BCUT2D eigenvalue weighted by atomic mass is 10.3. The van der Waals surface area contributed by atoms with Crippen LogP contribution in [0.5, 0.6) is 0 Å². The Morgan fingerprint density at radius 1 is 1.50 bits per heavy atom. The number of hydrogen-bond acceptors (Lipinski definition) is 6. The SMILES string of the molecule is CCc1nnc(NC(=O)Cc2cscn2)s1. The predicted molar refractivity (Wildman–Crippen MR) is 63.7 cm³/mol. The molecule has 0 aliphatic carbocycles. The molecule has 0 aliphatic heterocycles. The molecule has 0 aliphatic rings. The lowest BCUT2D eigenvalue weighted by Crippen LogP contribution is -2.14. The molecule has 0 radical (unpaired) electrons. The number of rotatable bonds is 4. The third-order valence-corrected chi connectivity index (χ3v) is 3.46. The zero-order chi connectivity index (χ0) is 11.4. The van der Waals surface area contributed by atoms with E-state index in [1.165, 1.54) is 22.7 Å². The number of carbonyl (C=O) groups excluding carboxylic acids is 1. The topological polar surface area (TPSA) is 67.8 Å². The largest absolute Gasteiger partial charge is 0.300 e. The van der Waals surface area contributed by atoms with Crippen molar-refractivity contribution in [3.05, 3.63) is 21.6 Å². The summed E-state index contributed by atoms with van der Waals surface area (Å²) in [6.45, 7) is 2.00. The maximum Gasteiger partial charge on any atom is 0.232 e. The molecule has 2 aromatic heterocycles. The molecule has 2 aromatic rings. The van der Waals surface area contributed by atoms with Gasteiger partial charge < -0.3 is 5.32 Å². The third kappa shape index (κ3) is 2.83. The van der Waals surface area contributed by atoms with Gasteiger partial charge in [0.15, 0.2) is 0 Å². The van der Waals surface area contributed by atoms with E-state index in [-0.39, 0.29) is 12.3 Å². The van der Waals surface area contributed by atoms with Crippen LogP contribution in [-0.4, -0.2) is 21.1 Å². The lowest BCUT2D eigenvalue weighted by molar-refractivity contribution is -0.115. The maximum atomic E-state index is 11.6. The van der Waals surface area contributed by atoms with Crippen molar-refractivity contribution in [3.8, 4) is 0 Å². The molecule has 0 bridgehead atoms. The van der Waals surface area contributed by atoms with Gasteiger partial charge >= 0.3 is 0 Å². The van der Waals surface area contributed by atoms with Crippen LogP contribution in [0.2, 0.25) is 0 Å². The van der Waals surface area contributed by atoms with Gasteiger partial charge in [-0.2, -0.15) is 0 Å². The number of aryl methyl sites for hydroxylation is 1. The van der Waals surface area contributed by atoms with Gasteiger partial charge in [0, 0.05) is 5.38 Å². The number of anilines is 1. The molecule has 0 atom stereocenters. The highest BCUT2D eigenvalue weighted by molar-refractivity contribution is 7.15. The highest BCUT2D eigenvalue weighted by Gasteiger charge is 2.08. The van der Waals surface area contributed by atoms with Crippen molar-refractivity contribution in [2.24, 2.45) is 0 Å². The Bertz CT molecular complexity index is 466. The van der Waals surface area contributed by atoms with Gasteiger partial charge in [-0.05, 0) is 6.42 Å². The minimum atomic E-state index is -0.107. The number of amides is 1. The van der Waals surface area contributed by atoms with Gasteiger partial charge in [-0.3, -0.25) is 4.79 Å². The second-order valence-electron chi connectivity index (χ2n) is 3.06. The van der Waals surface area contributed by atoms with Gasteiger partial charge in [0.05, 0.1) is 17.6 Å². The molecule has 0 fully saturated rings. The van der Waals surface area contributed by atoms with Crippen LogP contribution < -0.4 is 5.32 Å². The molecular weight excluding hydrogens is 244 g/mol. The molecule has 16 heavy (non-hydrogen) atoms. The van der Waals surface area contributed by atoms with E-state index in [9.17, 15) is 4.79 Å². The number of thiazole rings is 1. The molecule has 2 rings (SSSR count). The normalized spacial score (nSPS) is 10.3. The average molecular weight is 254 g/mol. The second kappa shape index (κ2) is 5.13. The van der Waals surface area contributed by atoms with Crippen molar-refractivity contribution in [2.45, 2.75) is 19.8 Å². The van der Waals surface area contributed by atoms with Crippen LogP contribution in [0.4, 0.5) is 5.13 Å². The first-order valence-corrected chi connectivity index (χ1v) is 6.53. The number of hydrogen-bond donors (Lipinski definition) is 1. The minimum absolute atomic E-state index is 0.107. The fraction of sp³-hybridized carbons (Fsp3) is 0.333. The first kappa shape index (κ1) is 11.2. The fourth-order valence-corrected chi connectivity index (χ4v) is 2.35. The summed E-state index contributed by atoms with van der Waals surface area (Å²) >= 11 is 2.88. The van der Waals surface area contributed by atoms with Crippen LogP contribution >= 0.6 is 22.7 Å². The molecule has 1 amide bonds. The van der Waals surface area contributed by atoms with Crippen molar-refractivity contribution in [1.29, 1.82) is 0 Å². The number of aromatic nitrogens is 3.